The molecule has 1 aromatic carbocycles. The first-order chi connectivity index (χ1) is 9.92. The molecular formula is C18H22O3. The highest BCUT2D eigenvalue weighted by molar-refractivity contribution is 6.03. The quantitative estimate of drug-likeness (QED) is 0.628. The Labute approximate surface area is 125 Å². The lowest BCUT2D eigenvalue weighted by atomic mass is 9.65. The number of rotatable bonds is 3. The van der Waals surface area contributed by atoms with Crippen LogP contribution in [0.2, 0.25) is 0 Å². The molecule has 3 nitrogen and oxygen atoms in total. The molecular weight excluding hydrogens is 264 g/mol. The molecule has 21 heavy (non-hydrogen) atoms. The van der Waals surface area contributed by atoms with Gasteiger partial charge in [0, 0.05) is 11.5 Å². The third-order valence-electron chi connectivity index (χ3n) is 4.66. The van der Waals surface area contributed by atoms with E-state index in [1.807, 2.05) is 37.3 Å². The van der Waals surface area contributed by atoms with Gasteiger partial charge in [0.25, 0.3) is 0 Å². The summed E-state index contributed by atoms with van der Waals surface area (Å²) >= 11 is 0. The van der Waals surface area contributed by atoms with Gasteiger partial charge < -0.3 is 9.47 Å². The van der Waals surface area contributed by atoms with Gasteiger partial charge in [-0.25, -0.2) is 0 Å². The molecule has 0 spiro atoms. The number of fused-ring (bicyclic) bond motifs is 3. The van der Waals surface area contributed by atoms with Crippen LogP contribution in [0.1, 0.15) is 39.2 Å². The maximum atomic E-state index is 12.6. The lowest BCUT2D eigenvalue weighted by molar-refractivity contribution is -0.207. The highest BCUT2D eigenvalue weighted by Gasteiger charge is 2.56. The highest BCUT2D eigenvalue weighted by atomic mass is 16.5. The van der Waals surface area contributed by atoms with Crippen molar-refractivity contribution in [1.29, 1.82) is 0 Å². The van der Waals surface area contributed by atoms with E-state index < -0.39 is 5.60 Å². The number of Topliss-reactive ketones (excluding diaryl/α,β-unsaturated/α-hetero) is 1. The molecule has 3 fully saturated rings. The van der Waals surface area contributed by atoms with Crippen LogP contribution in [0.15, 0.2) is 42.2 Å². The molecule has 1 aromatic rings. The third-order valence-corrected chi connectivity index (χ3v) is 4.66. The summed E-state index contributed by atoms with van der Waals surface area (Å²) in [5.41, 5.74) is 0.906. The van der Waals surface area contributed by atoms with Crippen molar-refractivity contribution in [2.75, 3.05) is 0 Å². The molecule has 1 saturated carbocycles. The minimum absolute atomic E-state index is 0.0890. The van der Waals surface area contributed by atoms with Gasteiger partial charge in [-0.05, 0) is 39.2 Å². The molecule has 2 unspecified atom stereocenters. The summed E-state index contributed by atoms with van der Waals surface area (Å²) in [5, 5.41) is 0. The van der Waals surface area contributed by atoms with Crippen LogP contribution in [0.5, 0.6) is 0 Å². The van der Waals surface area contributed by atoms with Crippen molar-refractivity contribution in [1.82, 2.24) is 0 Å². The maximum Gasteiger partial charge on any atom is 0.193 e. The molecule has 2 aliphatic heterocycles. The van der Waals surface area contributed by atoms with Crippen LogP contribution in [0.4, 0.5) is 0 Å². The Bertz CT molecular complexity index is 573. The Kier molecular flexibility index (Phi) is 3.40. The van der Waals surface area contributed by atoms with E-state index in [1.165, 1.54) is 0 Å². The molecule has 3 aliphatic rings. The van der Waals surface area contributed by atoms with E-state index in [0.29, 0.717) is 6.61 Å². The molecule has 0 N–H and O–H groups in total. The molecule has 0 radical (unpaired) electrons. The van der Waals surface area contributed by atoms with E-state index in [1.54, 1.807) is 6.26 Å². The van der Waals surface area contributed by atoms with E-state index >= 15 is 0 Å². The van der Waals surface area contributed by atoms with Gasteiger partial charge in [-0.15, -0.1) is 0 Å². The standard InChI is InChI=1S/C18H22O3/c1-17(2)15-9-10-18(3,21-17)16(19)14(15)12-20-11-13-7-5-4-6-8-13/h4-8,12,15H,9-11H2,1-3H3/b14-12-. The largest absolute Gasteiger partial charge is 0.496 e. The van der Waals surface area contributed by atoms with Gasteiger partial charge in [0.1, 0.15) is 12.2 Å². The Morgan fingerprint density at radius 3 is 2.67 bits per heavy atom. The van der Waals surface area contributed by atoms with Crippen LogP contribution in [0.3, 0.4) is 0 Å². The van der Waals surface area contributed by atoms with E-state index in [4.69, 9.17) is 9.47 Å². The topological polar surface area (TPSA) is 35.5 Å². The van der Waals surface area contributed by atoms with Gasteiger partial charge in [0.05, 0.1) is 11.9 Å². The summed E-state index contributed by atoms with van der Waals surface area (Å²) in [5.74, 6) is 0.216. The van der Waals surface area contributed by atoms with Crippen LogP contribution in [-0.4, -0.2) is 17.0 Å². The first-order valence-electron chi connectivity index (χ1n) is 7.53. The van der Waals surface area contributed by atoms with Crippen molar-refractivity contribution in [2.24, 2.45) is 5.92 Å². The Balaban J connectivity index is 1.78. The number of ketones is 1. The van der Waals surface area contributed by atoms with Crippen molar-refractivity contribution in [3.63, 3.8) is 0 Å². The molecule has 1 aliphatic carbocycles. The Morgan fingerprint density at radius 1 is 1.29 bits per heavy atom. The van der Waals surface area contributed by atoms with E-state index in [9.17, 15) is 4.79 Å². The summed E-state index contributed by atoms with van der Waals surface area (Å²) in [7, 11) is 0. The van der Waals surface area contributed by atoms with Crippen molar-refractivity contribution >= 4 is 5.78 Å². The van der Waals surface area contributed by atoms with Gasteiger partial charge in [-0.2, -0.15) is 0 Å². The number of benzene rings is 1. The first-order valence-corrected chi connectivity index (χ1v) is 7.53. The molecule has 2 bridgehead atoms. The Hall–Kier alpha value is -1.61. The molecule has 3 heteroatoms. The van der Waals surface area contributed by atoms with Crippen molar-refractivity contribution in [2.45, 2.75) is 51.4 Å². The second kappa shape index (κ2) is 4.99. The van der Waals surface area contributed by atoms with Crippen LogP contribution >= 0.6 is 0 Å². The lowest BCUT2D eigenvalue weighted by Crippen LogP contribution is -2.60. The number of hydrogen-bond donors (Lipinski definition) is 0. The van der Waals surface area contributed by atoms with Crippen molar-refractivity contribution in [3.8, 4) is 0 Å². The zero-order valence-electron chi connectivity index (χ0n) is 12.9. The minimum atomic E-state index is -0.680. The number of carbonyl (C=O) groups excluding carboxylic acids is 1. The predicted octanol–water partition coefficient (Wildman–Crippen LogP) is 3.63. The summed E-state index contributed by atoms with van der Waals surface area (Å²) in [4.78, 5) is 12.6. The van der Waals surface area contributed by atoms with Crippen LogP contribution < -0.4 is 0 Å². The summed E-state index contributed by atoms with van der Waals surface area (Å²) in [6.07, 6.45) is 3.45. The molecule has 0 aromatic heterocycles. The summed E-state index contributed by atoms with van der Waals surface area (Å²) in [6.45, 7) is 6.51. The smallest absolute Gasteiger partial charge is 0.193 e. The lowest BCUT2D eigenvalue weighted by Gasteiger charge is -2.53. The number of hydrogen-bond acceptors (Lipinski definition) is 3. The molecule has 4 rings (SSSR count). The van der Waals surface area contributed by atoms with E-state index in [0.717, 1.165) is 24.0 Å². The van der Waals surface area contributed by atoms with Gasteiger partial charge in [-0.3, -0.25) is 4.79 Å². The SMILES string of the molecule is CC12CCC(/C(=C/OCc3ccccc3)C1=O)C(C)(C)O2. The number of ether oxygens (including phenoxy) is 2. The van der Waals surface area contributed by atoms with Crippen LogP contribution in [0, 0.1) is 5.92 Å². The van der Waals surface area contributed by atoms with Gasteiger partial charge in [-0.1, -0.05) is 30.3 Å². The summed E-state index contributed by atoms with van der Waals surface area (Å²) in [6, 6.07) is 9.98. The minimum Gasteiger partial charge on any atom is -0.496 e. The fourth-order valence-electron chi connectivity index (χ4n) is 3.56. The highest BCUT2D eigenvalue weighted by Crippen LogP contribution is 2.50. The second-order valence-electron chi connectivity index (χ2n) is 6.73. The zero-order chi connectivity index (χ0) is 15.1. The van der Waals surface area contributed by atoms with Crippen molar-refractivity contribution in [3.05, 3.63) is 47.7 Å². The van der Waals surface area contributed by atoms with Gasteiger partial charge in [0.15, 0.2) is 5.78 Å². The molecule has 2 atom stereocenters. The fourth-order valence-corrected chi connectivity index (χ4v) is 3.56. The van der Waals surface area contributed by atoms with E-state index in [-0.39, 0.29) is 17.3 Å². The molecule has 2 heterocycles. The molecule has 2 saturated heterocycles. The zero-order valence-corrected chi connectivity index (χ0v) is 12.9. The van der Waals surface area contributed by atoms with Gasteiger partial charge >= 0.3 is 0 Å². The predicted molar refractivity (Wildman–Crippen MR) is 80.6 cm³/mol. The van der Waals surface area contributed by atoms with Crippen LogP contribution in [-0.2, 0) is 20.9 Å². The number of carbonyl (C=O) groups is 1. The summed E-state index contributed by atoms with van der Waals surface area (Å²) < 4.78 is 11.7. The molecule has 0 amide bonds. The molecule has 112 valence electrons. The maximum absolute atomic E-state index is 12.6. The van der Waals surface area contributed by atoms with Crippen LogP contribution in [0.25, 0.3) is 0 Å². The Morgan fingerprint density at radius 2 is 2.00 bits per heavy atom. The average Bonchev–Trinajstić information content (AvgIpc) is 2.43. The van der Waals surface area contributed by atoms with E-state index in [2.05, 4.69) is 13.8 Å². The normalized spacial score (nSPS) is 32.4. The fraction of sp³-hybridized carbons (Fsp3) is 0.500. The third kappa shape index (κ3) is 2.51. The van der Waals surface area contributed by atoms with Crippen molar-refractivity contribution < 1.29 is 14.3 Å². The second-order valence-corrected chi connectivity index (χ2v) is 6.73. The first kappa shape index (κ1) is 14.3. The average molecular weight is 286 g/mol. The monoisotopic (exact) mass is 286 g/mol. The van der Waals surface area contributed by atoms with Gasteiger partial charge in [0.2, 0.25) is 0 Å².